The minimum atomic E-state index is -4.10. The number of carboxylic acid groups (broad SMARTS) is 1. The van der Waals surface area contributed by atoms with Gasteiger partial charge in [-0.15, -0.1) is 0 Å². The molecule has 1 aromatic rings. The molecule has 0 amide bonds. The van der Waals surface area contributed by atoms with Gasteiger partial charge in [-0.1, -0.05) is 11.6 Å². The van der Waals surface area contributed by atoms with Gasteiger partial charge in [0.05, 0.1) is 17.2 Å². The highest BCUT2D eigenvalue weighted by molar-refractivity contribution is 7.89. The number of halogens is 1. The summed E-state index contributed by atoms with van der Waals surface area (Å²) >= 11 is 5.81. The Hall–Kier alpha value is -1.64. The fourth-order valence-electron chi connectivity index (χ4n) is 1.48. The topological polar surface area (TPSA) is 101 Å². The number of sulfonamides is 1. The molecule has 7 nitrogen and oxygen atoms in total. The molecule has 0 saturated carbocycles. The third-order valence-corrected chi connectivity index (χ3v) is 4.81. The zero-order chi connectivity index (χ0) is 16.2. The number of rotatable bonds is 6. The summed E-state index contributed by atoms with van der Waals surface area (Å²) < 4.78 is 30.0. The van der Waals surface area contributed by atoms with Crippen LogP contribution in [-0.4, -0.2) is 50.0 Å². The average Bonchev–Trinajstić information content (AvgIpc) is 2.38. The first-order valence-electron chi connectivity index (χ1n) is 5.85. The fourth-order valence-corrected chi connectivity index (χ4v) is 3.09. The molecule has 0 atom stereocenters. The van der Waals surface area contributed by atoms with Crippen molar-refractivity contribution in [3.8, 4) is 0 Å². The smallest absolute Gasteiger partial charge is 0.335 e. The fraction of sp³-hybridized carbons (Fsp3) is 0.333. The van der Waals surface area contributed by atoms with Crippen LogP contribution >= 0.6 is 11.6 Å². The van der Waals surface area contributed by atoms with Crippen molar-refractivity contribution in [3.63, 3.8) is 0 Å². The lowest BCUT2D eigenvalue weighted by Crippen LogP contribution is -2.33. The predicted molar refractivity (Wildman–Crippen MR) is 74.9 cm³/mol. The maximum atomic E-state index is 12.3. The summed E-state index contributed by atoms with van der Waals surface area (Å²) in [7, 11) is -2.93. The summed E-state index contributed by atoms with van der Waals surface area (Å²) in [5.74, 6) is -2.00. The molecule has 1 rings (SSSR count). The van der Waals surface area contributed by atoms with Gasteiger partial charge < -0.3 is 9.84 Å². The van der Waals surface area contributed by atoms with Crippen molar-refractivity contribution in [3.05, 3.63) is 28.8 Å². The second-order valence-corrected chi connectivity index (χ2v) is 6.44. The van der Waals surface area contributed by atoms with Crippen LogP contribution in [0.2, 0.25) is 5.02 Å². The number of carbonyl (C=O) groups excluding carboxylic acids is 1. The molecular weight excluding hydrogens is 322 g/mol. The summed E-state index contributed by atoms with van der Waals surface area (Å²) in [6.45, 7) is 1.23. The predicted octanol–water partition coefficient (Wildman–Crippen LogP) is 1.22. The van der Waals surface area contributed by atoms with E-state index in [1.165, 1.54) is 19.2 Å². The van der Waals surface area contributed by atoms with Gasteiger partial charge in [-0.3, -0.25) is 4.79 Å². The van der Waals surface area contributed by atoms with Crippen LogP contribution in [0.5, 0.6) is 0 Å². The number of hydrogen-bond donors (Lipinski definition) is 1. The van der Waals surface area contributed by atoms with Gasteiger partial charge in [0.15, 0.2) is 0 Å². The van der Waals surface area contributed by atoms with Gasteiger partial charge in [0.1, 0.15) is 11.4 Å². The molecule has 0 aromatic heterocycles. The number of ether oxygens (including phenoxy) is 1. The van der Waals surface area contributed by atoms with Gasteiger partial charge in [-0.2, -0.15) is 4.31 Å². The first-order valence-corrected chi connectivity index (χ1v) is 7.66. The zero-order valence-corrected chi connectivity index (χ0v) is 12.9. The Labute approximate surface area is 127 Å². The van der Waals surface area contributed by atoms with Crippen molar-refractivity contribution in [2.45, 2.75) is 11.8 Å². The number of carbonyl (C=O) groups is 2. The van der Waals surface area contributed by atoms with Crippen LogP contribution in [0.1, 0.15) is 17.3 Å². The Kier molecular flexibility index (Phi) is 5.70. The number of aromatic carboxylic acids is 1. The SMILES string of the molecule is CCOC(=O)CN(C)S(=O)(=O)c1cc(C(=O)O)ccc1Cl. The van der Waals surface area contributed by atoms with Gasteiger partial charge in [0, 0.05) is 7.05 Å². The van der Waals surface area contributed by atoms with Crippen molar-refractivity contribution in [2.24, 2.45) is 0 Å². The van der Waals surface area contributed by atoms with Crippen molar-refractivity contribution in [2.75, 3.05) is 20.2 Å². The van der Waals surface area contributed by atoms with E-state index >= 15 is 0 Å². The molecule has 9 heteroatoms. The van der Waals surface area contributed by atoms with E-state index in [-0.39, 0.29) is 22.1 Å². The van der Waals surface area contributed by atoms with E-state index in [1.54, 1.807) is 6.92 Å². The molecule has 21 heavy (non-hydrogen) atoms. The Balaban J connectivity index is 3.15. The molecule has 116 valence electrons. The molecule has 0 spiro atoms. The van der Waals surface area contributed by atoms with Crippen molar-refractivity contribution >= 4 is 33.6 Å². The van der Waals surface area contributed by atoms with E-state index in [0.29, 0.717) is 0 Å². The number of likely N-dealkylation sites (N-methyl/N-ethyl adjacent to an activating group) is 1. The van der Waals surface area contributed by atoms with Crippen LogP contribution in [0, 0.1) is 0 Å². The molecule has 0 radical (unpaired) electrons. The second-order valence-electron chi connectivity index (χ2n) is 4.02. The van der Waals surface area contributed by atoms with E-state index in [9.17, 15) is 18.0 Å². The van der Waals surface area contributed by atoms with E-state index in [4.69, 9.17) is 16.7 Å². The molecule has 0 bridgehead atoms. The van der Waals surface area contributed by atoms with Crippen LogP contribution in [0.3, 0.4) is 0 Å². The summed E-state index contributed by atoms with van der Waals surface area (Å²) in [5.41, 5.74) is -0.220. The largest absolute Gasteiger partial charge is 0.478 e. The monoisotopic (exact) mass is 335 g/mol. The van der Waals surface area contributed by atoms with E-state index in [2.05, 4.69) is 4.74 Å². The number of benzene rings is 1. The number of carboxylic acids is 1. The van der Waals surface area contributed by atoms with Crippen LogP contribution in [0.15, 0.2) is 23.1 Å². The third kappa shape index (κ3) is 4.16. The normalized spacial score (nSPS) is 11.4. The Morgan fingerprint density at radius 1 is 1.38 bits per heavy atom. The maximum absolute atomic E-state index is 12.3. The summed E-state index contributed by atoms with van der Waals surface area (Å²) in [5, 5.41) is 8.77. The lowest BCUT2D eigenvalue weighted by atomic mass is 10.2. The highest BCUT2D eigenvalue weighted by Crippen LogP contribution is 2.25. The maximum Gasteiger partial charge on any atom is 0.335 e. The zero-order valence-electron chi connectivity index (χ0n) is 11.4. The minimum absolute atomic E-state index is 0.127. The van der Waals surface area contributed by atoms with Gasteiger partial charge in [-0.05, 0) is 25.1 Å². The van der Waals surface area contributed by atoms with Gasteiger partial charge in [0.2, 0.25) is 10.0 Å². The molecule has 0 heterocycles. The number of esters is 1. The lowest BCUT2D eigenvalue weighted by Gasteiger charge is -2.17. The molecule has 0 fully saturated rings. The molecule has 1 aromatic carbocycles. The number of hydrogen-bond acceptors (Lipinski definition) is 5. The Morgan fingerprint density at radius 3 is 2.52 bits per heavy atom. The highest BCUT2D eigenvalue weighted by atomic mass is 35.5. The second kappa shape index (κ2) is 6.88. The van der Waals surface area contributed by atoms with Crippen molar-refractivity contribution in [1.82, 2.24) is 4.31 Å². The van der Waals surface area contributed by atoms with Crippen molar-refractivity contribution in [1.29, 1.82) is 0 Å². The Bertz CT molecular complexity index is 658. The Morgan fingerprint density at radius 2 is 2.00 bits per heavy atom. The van der Waals surface area contributed by atoms with Crippen LogP contribution in [0.25, 0.3) is 0 Å². The number of nitrogens with zero attached hydrogens (tertiary/aromatic N) is 1. The third-order valence-electron chi connectivity index (χ3n) is 2.52. The lowest BCUT2D eigenvalue weighted by molar-refractivity contribution is -0.143. The first-order chi connectivity index (χ1) is 9.70. The van der Waals surface area contributed by atoms with Crippen LogP contribution < -0.4 is 0 Å². The highest BCUT2D eigenvalue weighted by Gasteiger charge is 2.26. The molecule has 0 aliphatic heterocycles. The standard InChI is InChI=1S/C12H14ClNO6S/c1-3-20-11(15)7-14(2)21(18,19)10-6-8(12(16)17)4-5-9(10)13/h4-6H,3,7H2,1-2H3,(H,16,17). The molecule has 0 saturated heterocycles. The quantitative estimate of drug-likeness (QED) is 0.784. The van der Waals surface area contributed by atoms with Crippen LogP contribution in [-0.2, 0) is 19.6 Å². The molecule has 1 N–H and O–H groups in total. The van der Waals surface area contributed by atoms with Gasteiger partial charge >= 0.3 is 11.9 Å². The van der Waals surface area contributed by atoms with E-state index < -0.39 is 28.5 Å². The van der Waals surface area contributed by atoms with Crippen molar-refractivity contribution < 1.29 is 27.9 Å². The minimum Gasteiger partial charge on any atom is -0.478 e. The van der Waals surface area contributed by atoms with Gasteiger partial charge in [0.25, 0.3) is 0 Å². The molecule has 0 aliphatic carbocycles. The first kappa shape index (κ1) is 17.4. The average molecular weight is 336 g/mol. The van der Waals surface area contributed by atoms with E-state index in [0.717, 1.165) is 10.4 Å². The summed E-state index contributed by atoms with van der Waals surface area (Å²) in [6.07, 6.45) is 0. The summed E-state index contributed by atoms with van der Waals surface area (Å²) in [4.78, 5) is 21.9. The molecule has 0 aliphatic rings. The molecule has 0 unspecified atom stereocenters. The van der Waals surface area contributed by atoms with E-state index in [1.807, 2.05) is 0 Å². The van der Waals surface area contributed by atoms with Crippen LogP contribution in [0.4, 0.5) is 0 Å². The molecular formula is C12H14ClNO6S. The summed E-state index contributed by atoms with van der Waals surface area (Å²) in [6, 6.07) is 3.31. The van der Waals surface area contributed by atoms with Gasteiger partial charge in [-0.25, -0.2) is 13.2 Å².